The zero-order valence-electron chi connectivity index (χ0n) is 15.3. The van der Waals surface area contributed by atoms with E-state index in [4.69, 9.17) is 9.47 Å². The van der Waals surface area contributed by atoms with Gasteiger partial charge in [0.1, 0.15) is 11.2 Å². The van der Waals surface area contributed by atoms with Crippen molar-refractivity contribution in [3.63, 3.8) is 0 Å². The number of carbonyl (C=O) groups excluding carboxylic acids is 3. The number of hydrogen-bond donors (Lipinski definition) is 2. The third-order valence-electron chi connectivity index (χ3n) is 2.05. The summed E-state index contributed by atoms with van der Waals surface area (Å²) in [5.41, 5.74) is -1.43. The van der Waals surface area contributed by atoms with Crippen molar-refractivity contribution < 1.29 is 28.6 Å². The van der Waals surface area contributed by atoms with Gasteiger partial charge in [-0.15, -0.1) is 0 Å². The predicted molar refractivity (Wildman–Crippen MR) is 87.7 cm³/mol. The average molecular weight is 345 g/mol. The lowest BCUT2D eigenvalue weighted by Gasteiger charge is -2.22. The van der Waals surface area contributed by atoms with Crippen LogP contribution in [0.5, 0.6) is 0 Å². The molecule has 2 amide bonds. The van der Waals surface area contributed by atoms with Crippen molar-refractivity contribution in [2.24, 2.45) is 4.99 Å². The molecule has 0 spiro atoms. The minimum absolute atomic E-state index is 0.00754. The number of alkyl carbamates (subject to hydrolysis) is 2. The first-order valence-corrected chi connectivity index (χ1v) is 7.43. The van der Waals surface area contributed by atoms with E-state index in [-0.39, 0.29) is 18.9 Å². The molecule has 0 saturated carbocycles. The van der Waals surface area contributed by atoms with E-state index in [1.54, 1.807) is 41.5 Å². The van der Waals surface area contributed by atoms with E-state index < -0.39 is 29.4 Å². The van der Waals surface area contributed by atoms with Gasteiger partial charge >= 0.3 is 18.2 Å². The van der Waals surface area contributed by atoms with Crippen LogP contribution in [0.4, 0.5) is 9.59 Å². The average Bonchev–Trinajstić information content (AvgIpc) is 2.33. The summed E-state index contributed by atoms with van der Waals surface area (Å²) in [7, 11) is 1.25. The zero-order valence-corrected chi connectivity index (χ0v) is 15.3. The molecule has 0 fully saturated rings. The van der Waals surface area contributed by atoms with Crippen LogP contribution in [0.3, 0.4) is 0 Å². The maximum atomic E-state index is 11.8. The molecule has 0 rings (SSSR count). The summed E-state index contributed by atoms with van der Waals surface area (Å²) in [6.07, 6.45) is -1.60. The third-order valence-corrected chi connectivity index (χ3v) is 2.05. The fourth-order valence-electron chi connectivity index (χ4n) is 1.27. The summed E-state index contributed by atoms with van der Waals surface area (Å²) < 4.78 is 14.7. The lowest BCUT2D eigenvalue weighted by atomic mass is 10.2. The fourth-order valence-corrected chi connectivity index (χ4v) is 1.27. The van der Waals surface area contributed by atoms with E-state index in [1.807, 2.05) is 0 Å². The van der Waals surface area contributed by atoms with Crippen molar-refractivity contribution in [2.45, 2.75) is 59.2 Å². The van der Waals surface area contributed by atoms with Gasteiger partial charge in [-0.2, -0.15) is 0 Å². The van der Waals surface area contributed by atoms with Crippen LogP contribution < -0.4 is 10.6 Å². The van der Waals surface area contributed by atoms with Gasteiger partial charge in [-0.05, 0) is 41.5 Å². The summed E-state index contributed by atoms with van der Waals surface area (Å²) in [5.74, 6) is -0.643. The smallest absolute Gasteiger partial charge is 0.414 e. The Morgan fingerprint density at radius 3 is 1.62 bits per heavy atom. The van der Waals surface area contributed by atoms with Crippen molar-refractivity contribution in [3.05, 3.63) is 0 Å². The van der Waals surface area contributed by atoms with Crippen LogP contribution in [-0.4, -0.2) is 49.0 Å². The van der Waals surface area contributed by atoms with Crippen molar-refractivity contribution in [1.82, 2.24) is 10.6 Å². The summed E-state index contributed by atoms with van der Waals surface area (Å²) >= 11 is 0. The first kappa shape index (κ1) is 21.7. The second-order valence-corrected chi connectivity index (χ2v) is 6.81. The van der Waals surface area contributed by atoms with Crippen molar-refractivity contribution in [3.8, 4) is 0 Å². The fraction of sp³-hybridized carbons (Fsp3) is 0.733. The number of esters is 1. The number of carbonyl (C=O) groups is 3. The second-order valence-electron chi connectivity index (χ2n) is 6.81. The molecule has 2 N–H and O–H groups in total. The van der Waals surface area contributed by atoms with Crippen LogP contribution in [0.25, 0.3) is 0 Å². The van der Waals surface area contributed by atoms with Crippen LogP contribution >= 0.6 is 0 Å². The zero-order chi connectivity index (χ0) is 19.0. The Kier molecular flexibility index (Phi) is 8.21. The molecule has 0 atom stereocenters. The molecular formula is C15H27N3O6. The number of amides is 2. The molecule has 0 aromatic carbocycles. The molecule has 0 aliphatic rings. The lowest BCUT2D eigenvalue weighted by Crippen LogP contribution is -2.47. The van der Waals surface area contributed by atoms with Crippen molar-refractivity contribution >= 4 is 24.1 Å². The van der Waals surface area contributed by atoms with Gasteiger partial charge in [-0.1, -0.05) is 0 Å². The van der Waals surface area contributed by atoms with E-state index in [2.05, 4.69) is 20.4 Å². The van der Waals surface area contributed by atoms with Gasteiger partial charge in [0.15, 0.2) is 0 Å². The number of rotatable bonds is 3. The van der Waals surface area contributed by atoms with E-state index in [9.17, 15) is 14.4 Å². The molecule has 0 unspecified atom stereocenters. The quantitative estimate of drug-likeness (QED) is 0.350. The highest BCUT2D eigenvalue weighted by Gasteiger charge is 2.21. The highest BCUT2D eigenvalue weighted by molar-refractivity contribution is 6.01. The third kappa shape index (κ3) is 12.2. The number of methoxy groups -OCH3 is 1. The molecule has 0 heterocycles. The summed E-state index contributed by atoms with van der Waals surface area (Å²) in [4.78, 5) is 38.6. The molecule has 0 bridgehead atoms. The van der Waals surface area contributed by atoms with Crippen LogP contribution in [0, 0.1) is 0 Å². The molecule has 138 valence electrons. The van der Waals surface area contributed by atoms with E-state index >= 15 is 0 Å². The normalized spacial score (nSPS) is 11.1. The first-order valence-electron chi connectivity index (χ1n) is 7.43. The van der Waals surface area contributed by atoms with Crippen molar-refractivity contribution in [2.75, 3.05) is 13.7 Å². The van der Waals surface area contributed by atoms with Crippen molar-refractivity contribution in [1.29, 1.82) is 0 Å². The Morgan fingerprint density at radius 1 is 0.875 bits per heavy atom. The molecule has 0 saturated heterocycles. The predicted octanol–water partition coefficient (Wildman–Crippen LogP) is 1.95. The van der Waals surface area contributed by atoms with Gasteiger partial charge < -0.3 is 14.2 Å². The standard InChI is InChI=1S/C15H27N3O6/c1-14(2,3)23-12(20)17-11(16-9-8-10(19)22-7)18-13(21)24-15(4,5)6/h8-9H2,1-7H3,(H2,16,17,18,20,21). The Balaban J connectivity index is 4.88. The van der Waals surface area contributed by atoms with E-state index in [1.165, 1.54) is 7.11 Å². The van der Waals surface area contributed by atoms with Crippen LogP contribution in [-0.2, 0) is 19.0 Å². The Labute approximate surface area is 142 Å². The van der Waals surface area contributed by atoms with Gasteiger partial charge in [-0.25, -0.2) is 9.59 Å². The second kappa shape index (κ2) is 9.09. The number of nitrogens with zero attached hydrogens (tertiary/aromatic N) is 1. The number of hydrogen-bond acceptors (Lipinski definition) is 7. The molecule has 0 aromatic rings. The van der Waals surface area contributed by atoms with Gasteiger partial charge in [0.25, 0.3) is 0 Å². The molecule has 0 aliphatic heterocycles. The Hall–Kier alpha value is -2.32. The van der Waals surface area contributed by atoms with E-state index in [0.29, 0.717) is 0 Å². The minimum atomic E-state index is -0.796. The van der Waals surface area contributed by atoms with Gasteiger partial charge in [0.05, 0.1) is 20.1 Å². The van der Waals surface area contributed by atoms with Gasteiger partial charge in [0.2, 0.25) is 5.96 Å². The summed E-state index contributed by atoms with van der Waals surface area (Å²) in [5, 5.41) is 4.61. The highest BCUT2D eigenvalue weighted by Crippen LogP contribution is 2.07. The largest absolute Gasteiger partial charge is 0.469 e. The Morgan fingerprint density at radius 2 is 1.29 bits per heavy atom. The van der Waals surface area contributed by atoms with Crippen LogP contribution in [0.1, 0.15) is 48.0 Å². The van der Waals surface area contributed by atoms with Crippen LogP contribution in [0.2, 0.25) is 0 Å². The molecule has 0 aromatic heterocycles. The lowest BCUT2D eigenvalue weighted by molar-refractivity contribution is -0.140. The molecule has 24 heavy (non-hydrogen) atoms. The summed E-state index contributed by atoms with van der Waals surface area (Å²) in [6.45, 7) is 10.2. The summed E-state index contributed by atoms with van der Waals surface area (Å²) in [6, 6.07) is 0. The number of aliphatic imine (C=N–C) groups is 1. The molecular weight excluding hydrogens is 318 g/mol. The highest BCUT2D eigenvalue weighted by atomic mass is 16.6. The molecule has 0 radical (unpaired) electrons. The first-order chi connectivity index (χ1) is 10.8. The molecule has 9 nitrogen and oxygen atoms in total. The van der Waals surface area contributed by atoms with Crippen LogP contribution in [0.15, 0.2) is 4.99 Å². The van der Waals surface area contributed by atoms with E-state index in [0.717, 1.165) is 0 Å². The van der Waals surface area contributed by atoms with Gasteiger partial charge in [-0.3, -0.25) is 20.4 Å². The molecule has 9 heteroatoms. The number of ether oxygens (including phenoxy) is 3. The minimum Gasteiger partial charge on any atom is -0.469 e. The maximum absolute atomic E-state index is 11.8. The molecule has 0 aliphatic carbocycles. The topological polar surface area (TPSA) is 115 Å². The maximum Gasteiger partial charge on any atom is 0.414 e. The SMILES string of the molecule is COC(=O)CCN=C(NC(=O)OC(C)(C)C)NC(=O)OC(C)(C)C. The monoisotopic (exact) mass is 345 g/mol. The number of guanidine groups is 1. The Bertz CT molecular complexity index is 456. The van der Waals surface area contributed by atoms with Gasteiger partial charge in [0, 0.05) is 0 Å². The number of nitrogens with one attached hydrogen (secondary N) is 2.